The van der Waals surface area contributed by atoms with Crippen LogP contribution in [-0.4, -0.2) is 39.9 Å². The zero-order chi connectivity index (χ0) is 15.6. The van der Waals surface area contributed by atoms with Gasteiger partial charge in [0.2, 0.25) is 0 Å². The van der Waals surface area contributed by atoms with E-state index >= 15 is 0 Å². The van der Waals surface area contributed by atoms with Crippen molar-refractivity contribution in [3.05, 3.63) is 60.6 Å². The minimum atomic E-state index is 0.0944. The predicted molar refractivity (Wildman–Crippen MR) is 90.5 cm³/mol. The van der Waals surface area contributed by atoms with Gasteiger partial charge in [0.25, 0.3) is 5.91 Å². The molecular weight excluding hydrogens is 288 g/mol. The Morgan fingerprint density at radius 3 is 3.13 bits per heavy atom. The minimum Gasteiger partial charge on any atom is -0.379 e. The number of anilines is 1. The Balaban J connectivity index is 1.45. The van der Waals surface area contributed by atoms with Gasteiger partial charge in [-0.25, -0.2) is 0 Å². The molecule has 0 radical (unpaired) electrons. The number of hydrogen-bond acceptors (Lipinski definition) is 3. The zero-order valence-electron chi connectivity index (χ0n) is 12.7. The standard InChI is InChI=1S/C18H18N4O/c23-18(14-4-3-13-5-8-20-17(13)10-14)22-9-6-16(12-22)21-15-2-1-7-19-11-15/h1-5,7-8,10-11,16,20-21H,6,9,12H2. The maximum Gasteiger partial charge on any atom is 0.254 e. The highest BCUT2D eigenvalue weighted by molar-refractivity contribution is 5.98. The first-order valence-corrected chi connectivity index (χ1v) is 7.82. The molecule has 0 saturated carbocycles. The van der Waals surface area contributed by atoms with E-state index < -0.39 is 0 Å². The lowest BCUT2D eigenvalue weighted by molar-refractivity contribution is 0.0792. The Bertz CT molecular complexity index is 827. The summed E-state index contributed by atoms with van der Waals surface area (Å²) in [5.74, 6) is 0.0944. The number of nitrogens with zero attached hydrogens (tertiary/aromatic N) is 2. The van der Waals surface area contributed by atoms with Crippen LogP contribution >= 0.6 is 0 Å². The number of nitrogens with one attached hydrogen (secondary N) is 2. The van der Waals surface area contributed by atoms with Gasteiger partial charge in [0.05, 0.1) is 5.69 Å². The fourth-order valence-electron chi connectivity index (χ4n) is 3.11. The maximum absolute atomic E-state index is 12.7. The molecule has 0 bridgehead atoms. The van der Waals surface area contributed by atoms with Crippen molar-refractivity contribution < 1.29 is 4.79 Å². The number of H-pyrrole nitrogens is 1. The molecule has 1 aliphatic rings. The number of aromatic nitrogens is 2. The van der Waals surface area contributed by atoms with Crippen LogP contribution in [0.4, 0.5) is 5.69 Å². The Labute approximate surface area is 134 Å². The largest absolute Gasteiger partial charge is 0.379 e. The van der Waals surface area contributed by atoms with Crippen LogP contribution in [0.3, 0.4) is 0 Å². The average molecular weight is 306 g/mol. The third-order valence-electron chi connectivity index (χ3n) is 4.31. The number of amides is 1. The molecule has 1 fully saturated rings. The first-order chi connectivity index (χ1) is 11.3. The minimum absolute atomic E-state index is 0.0944. The number of pyridine rings is 1. The molecule has 1 unspecified atom stereocenters. The van der Waals surface area contributed by atoms with Gasteiger partial charge in [0.1, 0.15) is 0 Å². The molecule has 5 nitrogen and oxygen atoms in total. The van der Waals surface area contributed by atoms with Gasteiger partial charge in [0.15, 0.2) is 0 Å². The number of fused-ring (bicyclic) bond motifs is 1. The molecule has 0 spiro atoms. The average Bonchev–Trinajstić information content (AvgIpc) is 3.23. The Morgan fingerprint density at radius 1 is 1.30 bits per heavy atom. The first kappa shape index (κ1) is 13.8. The summed E-state index contributed by atoms with van der Waals surface area (Å²) in [6, 6.07) is 12.0. The molecule has 0 aliphatic carbocycles. The molecule has 1 saturated heterocycles. The molecule has 5 heteroatoms. The van der Waals surface area contributed by atoms with Gasteiger partial charge in [-0.3, -0.25) is 9.78 Å². The molecular formula is C18H18N4O. The van der Waals surface area contributed by atoms with E-state index in [1.54, 1.807) is 6.20 Å². The lowest BCUT2D eigenvalue weighted by atomic mass is 10.1. The molecule has 23 heavy (non-hydrogen) atoms. The van der Waals surface area contributed by atoms with E-state index in [-0.39, 0.29) is 11.9 Å². The van der Waals surface area contributed by atoms with E-state index in [0.29, 0.717) is 0 Å². The summed E-state index contributed by atoms with van der Waals surface area (Å²) in [5.41, 5.74) is 2.74. The smallest absolute Gasteiger partial charge is 0.254 e. The summed E-state index contributed by atoms with van der Waals surface area (Å²) in [6.07, 6.45) is 6.41. The maximum atomic E-state index is 12.7. The summed E-state index contributed by atoms with van der Waals surface area (Å²) in [7, 11) is 0. The summed E-state index contributed by atoms with van der Waals surface area (Å²) < 4.78 is 0. The van der Waals surface area contributed by atoms with Crippen LogP contribution in [0.5, 0.6) is 0 Å². The monoisotopic (exact) mass is 306 g/mol. The molecule has 3 heterocycles. The molecule has 1 aliphatic heterocycles. The fraction of sp³-hybridized carbons (Fsp3) is 0.222. The second kappa shape index (κ2) is 5.76. The van der Waals surface area contributed by atoms with Crippen LogP contribution in [0.2, 0.25) is 0 Å². The quantitative estimate of drug-likeness (QED) is 0.782. The molecule has 1 amide bonds. The third-order valence-corrected chi connectivity index (χ3v) is 4.31. The van der Waals surface area contributed by atoms with E-state index in [1.165, 1.54) is 0 Å². The number of aromatic amines is 1. The van der Waals surface area contributed by atoms with Crippen LogP contribution in [0.1, 0.15) is 16.8 Å². The van der Waals surface area contributed by atoms with Crippen molar-refractivity contribution in [1.29, 1.82) is 0 Å². The predicted octanol–water partition coefficient (Wildman–Crippen LogP) is 2.89. The Morgan fingerprint density at radius 2 is 2.26 bits per heavy atom. The van der Waals surface area contributed by atoms with Gasteiger partial charge in [-0.05, 0) is 42.1 Å². The van der Waals surface area contributed by atoms with Gasteiger partial charge < -0.3 is 15.2 Å². The third kappa shape index (κ3) is 2.77. The van der Waals surface area contributed by atoms with Crippen molar-refractivity contribution in [3.8, 4) is 0 Å². The molecule has 1 aromatic carbocycles. The number of carbonyl (C=O) groups excluding carboxylic acids is 1. The first-order valence-electron chi connectivity index (χ1n) is 7.82. The van der Waals surface area contributed by atoms with E-state index in [0.717, 1.165) is 41.7 Å². The van der Waals surface area contributed by atoms with Gasteiger partial charge in [0, 0.05) is 48.8 Å². The van der Waals surface area contributed by atoms with Gasteiger partial charge >= 0.3 is 0 Å². The second-order valence-corrected chi connectivity index (χ2v) is 5.90. The molecule has 3 aromatic rings. The topological polar surface area (TPSA) is 61.0 Å². The van der Waals surface area contributed by atoms with Crippen molar-refractivity contribution in [3.63, 3.8) is 0 Å². The highest BCUT2D eigenvalue weighted by Crippen LogP contribution is 2.20. The molecule has 2 N–H and O–H groups in total. The molecule has 2 aromatic heterocycles. The lowest BCUT2D eigenvalue weighted by Crippen LogP contribution is -2.31. The van der Waals surface area contributed by atoms with Crippen molar-refractivity contribution in [2.75, 3.05) is 18.4 Å². The normalized spacial score (nSPS) is 17.6. The van der Waals surface area contributed by atoms with Crippen molar-refractivity contribution >= 4 is 22.5 Å². The molecule has 1 atom stereocenters. The Hall–Kier alpha value is -2.82. The van der Waals surface area contributed by atoms with E-state index in [1.807, 2.05) is 53.7 Å². The van der Waals surface area contributed by atoms with Crippen molar-refractivity contribution in [2.45, 2.75) is 12.5 Å². The number of carbonyl (C=O) groups is 1. The number of likely N-dealkylation sites (tertiary alicyclic amines) is 1. The van der Waals surface area contributed by atoms with Gasteiger partial charge in [-0.1, -0.05) is 6.07 Å². The molecule has 116 valence electrons. The number of benzene rings is 1. The lowest BCUT2D eigenvalue weighted by Gasteiger charge is -2.17. The van der Waals surface area contributed by atoms with E-state index in [2.05, 4.69) is 15.3 Å². The van der Waals surface area contributed by atoms with Crippen LogP contribution in [0.15, 0.2) is 55.0 Å². The van der Waals surface area contributed by atoms with Gasteiger partial charge in [-0.15, -0.1) is 0 Å². The van der Waals surface area contributed by atoms with Crippen LogP contribution in [-0.2, 0) is 0 Å². The summed E-state index contributed by atoms with van der Waals surface area (Å²) in [6.45, 7) is 1.50. The highest BCUT2D eigenvalue weighted by atomic mass is 16.2. The van der Waals surface area contributed by atoms with Crippen LogP contribution < -0.4 is 5.32 Å². The zero-order valence-corrected chi connectivity index (χ0v) is 12.7. The van der Waals surface area contributed by atoms with E-state index in [4.69, 9.17) is 0 Å². The Kier molecular flexibility index (Phi) is 3.46. The van der Waals surface area contributed by atoms with Gasteiger partial charge in [-0.2, -0.15) is 0 Å². The second-order valence-electron chi connectivity index (χ2n) is 5.90. The molecule has 4 rings (SSSR count). The SMILES string of the molecule is O=C(c1ccc2cc[nH]c2c1)N1CCC(Nc2cccnc2)C1. The summed E-state index contributed by atoms with van der Waals surface area (Å²) in [4.78, 5) is 21.9. The highest BCUT2D eigenvalue weighted by Gasteiger charge is 2.27. The number of hydrogen-bond donors (Lipinski definition) is 2. The fourth-order valence-corrected chi connectivity index (χ4v) is 3.11. The summed E-state index contributed by atoms with van der Waals surface area (Å²) >= 11 is 0. The summed E-state index contributed by atoms with van der Waals surface area (Å²) in [5, 5.41) is 4.56. The van der Waals surface area contributed by atoms with Crippen molar-refractivity contribution in [2.24, 2.45) is 0 Å². The van der Waals surface area contributed by atoms with Crippen LogP contribution in [0, 0.1) is 0 Å². The van der Waals surface area contributed by atoms with Crippen LogP contribution in [0.25, 0.3) is 10.9 Å². The number of rotatable bonds is 3. The van der Waals surface area contributed by atoms with Crippen molar-refractivity contribution in [1.82, 2.24) is 14.9 Å². The van der Waals surface area contributed by atoms with E-state index in [9.17, 15) is 4.79 Å².